The van der Waals surface area contributed by atoms with Crippen LogP contribution in [0.2, 0.25) is 0 Å². The number of carbonyl (C=O) groups excluding carboxylic acids is 1. The Morgan fingerprint density at radius 2 is 2.05 bits per heavy atom. The summed E-state index contributed by atoms with van der Waals surface area (Å²) in [6.07, 6.45) is 1.41. The summed E-state index contributed by atoms with van der Waals surface area (Å²) in [6.45, 7) is 7.37. The van der Waals surface area contributed by atoms with E-state index < -0.39 is 0 Å². The van der Waals surface area contributed by atoms with Crippen LogP contribution in [0.15, 0.2) is 16.8 Å². The first kappa shape index (κ1) is 15.7. The molecule has 0 bridgehead atoms. The molecule has 22 heavy (non-hydrogen) atoms. The van der Waals surface area contributed by atoms with Gasteiger partial charge in [-0.05, 0) is 20.8 Å². The van der Waals surface area contributed by atoms with Crippen LogP contribution in [0, 0.1) is 13.8 Å². The highest BCUT2D eigenvalue weighted by molar-refractivity contribution is 5.94. The van der Waals surface area contributed by atoms with Gasteiger partial charge in [0, 0.05) is 31.4 Å². The molecule has 2 aromatic heterocycles. The molecule has 0 aliphatic heterocycles. The van der Waals surface area contributed by atoms with Crippen molar-refractivity contribution in [3.63, 3.8) is 0 Å². The number of aryl methyl sites for hydroxylation is 2. The van der Waals surface area contributed by atoms with Crippen LogP contribution >= 0.6 is 0 Å². The van der Waals surface area contributed by atoms with Gasteiger partial charge in [-0.25, -0.2) is 4.98 Å². The monoisotopic (exact) mass is 304 g/mol. The van der Waals surface area contributed by atoms with Crippen molar-refractivity contribution in [2.75, 3.05) is 30.3 Å². The Labute approximate surface area is 128 Å². The molecule has 0 spiro atoms. The van der Waals surface area contributed by atoms with Gasteiger partial charge in [-0.1, -0.05) is 5.16 Å². The van der Waals surface area contributed by atoms with Crippen LogP contribution in [0.4, 0.5) is 11.8 Å². The van der Waals surface area contributed by atoms with Crippen molar-refractivity contribution in [2.24, 2.45) is 0 Å². The zero-order valence-corrected chi connectivity index (χ0v) is 12.9. The molecule has 3 N–H and O–H groups in total. The molecule has 8 heteroatoms. The highest BCUT2D eigenvalue weighted by Gasteiger charge is 2.11. The molecular weight excluding hydrogens is 284 g/mol. The van der Waals surface area contributed by atoms with Crippen LogP contribution in [-0.2, 0) is 0 Å². The average molecular weight is 304 g/mol. The molecule has 0 unspecified atom stereocenters. The lowest BCUT2D eigenvalue weighted by atomic mass is 10.2. The standard InChI is InChI=1S/C14H20N6O2/c1-4-15-14-19-9(2)7-12(20-14)16-5-6-17-13(21)11-8-18-22-10(11)3/h7-8H,4-6H2,1-3H3,(H,17,21)(H2,15,16,19,20). The lowest BCUT2D eigenvalue weighted by Gasteiger charge is -2.09. The van der Waals surface area contributed by atoms with Crippen molar-refractivity contribution < 1.29 is 9.32 Å². The van der Waals surface area contributed by atoms with E-state index in [1.54, 1.807) is 6.92 Å². The summed E-state index contributed by atoms with van der Waals surface area (Å²) >= 11 is 0. The molecule has 0 aliphatic carbocycles. The average Bonchev–Trinajstić information content (AvgIpc) is 2.89. The Balaban J connectivity index is 1.81. The maximum Gasteiger partial charge on any atom is 0.256 e. The van der Waals surface area contributed by atoms with E-state index in [1.165, 1.54) is 6.20 Å². The quantitative estimate of drug-likeness (QED) is 0.663. The minimum absolute atomic E-state index is 0.201. The summed E-state index contributed by atoms with van der Waals surface area (Å²) in [4.78, 5) is 20.5. The van der Waals surface area contributed by atoms with Crippen LogP contribution < -0.4 is 16.0 Å². The lowest BCUT2D eigenvalue weighted by molar-refractivity contribution is 0.0953. The zero-order chi connectivity index (χ0) is 15.9. The van der Waals surface area contributed by atoms with Crippen molar-refractivity contribution in [3.8, 4) is 0 Å². The highest BCUT2D eigenvalue weighted by Crippen LogP contribution is 2.09. The number of hydrogen-bond donors (Lipinski definition) is 3. The molecule has 1 amide bonds. The number of amides is 1. The lowest BCUT2D eigenvalue weighted by Crippen LogP contribution is -2.29. The number of carbonyl (C=O) groups is 1. The Morgan fingerprint density at radius 1 is 1.23 bits per heavy atom. The highest BCUT2D eigenvalue weighted by atomic mass is 16.5. The smallest absolute Gasteiger partial charge is 0.256 e. The number of hydrogen-bond acceptors (Lipinski definition) is 7. The van der Waals surface area contributed by atoms with Gasteiger partial charge in [0.1, 0.15) is 17.1 Å². The van der Waals surface area contributed by atoms with E-state index in [2.05, 4.69) is 31.1 Å². The van der Waals surface area contributed by atoms with Gasteiger partial charge < -0.3 is 20.5 Å². The molecule has 2 heterocycles. The van der Waals surface area contributed by atoms with Crippen LogP contribution in [0.5, 0.6) is 0 Å². The summed E-state index contributed by atoms with van der Waals surface area (Å²) in [5.41, 5.74) is 1.32. The minimum Gasteiger partial charge on any atom is -0.368 e. The molecular formula is C14H20N6O2. The van der Waals surface area contributed by atoms with Crippen molar-refractivity contribution >= 4 is 17.7 Å². The number of nitrogens with zero attached hydrogens (tertiary/aromatic N) is 3. The van der Waals surface area contributed by atoms with E-state index in [1.807, 2.05) is 19.9 Å². The summed E-state index contributed by atoms with van der Waals surface area (Å²) in [5.74, 6) is 1.62. The van der Waals surface area contributed by atoms with Crippen LogP contribution in [0.3, 0.4) is 0 Å². The van der Waals surface area contributed by atoms with E-state index in [0.29, 0.717) is 30.4 Å². The number of anilines is 2. The third-order valence-corrected chi connectivity index (χ3v) is 2.90. The van der Waals surface area contributed by atoms with E-state index in [9.17, 15) is 4.79 Å². The van der Waals surface area contributed by atoms with E-state index in [0.717, 1.165) is 18.1 Å². The van der Waals surface area contributed by atoms with Crippen LogP contribution in [-0.4, -0.2) is 40.7 Å². The summed E-state index contributed by atoms with van der Waals surface area (Å²) in [5, 5.41) is 12.6. The van der Waals surface area contributed by atoms with Gasteiger partial charge in [-0.15, -0.1) is 0 Å². The molecule has 8 nitrogen and oxygen atoms in total. The van der Waals surface area contributed by atoms with Crippen LogP contribution in [0.1, 0.15) is 28.7 Å². The Bertz CT molecular complexity index is 640. The molecule has 0 aromatic carbocycles. The summed E-state index contributed by atoms with van der Waals surface area (Å²) < 4.78 is 4.86. The second-order valence-corrected chi connectivity index (χ2v) is 4.73. The first-order valence-electron chi connectivity index (χ1n) is 7.13. The third-order valence-electron chi connectivity index (χ3n) is 2.90. The SMILES string of the molecule is CCNc1nc(C)cc(NCCNC(=O)c2cnoc2C)n1. The first-order valence-corrected chi connectivity index (χ1v) is 7.13. The normalized spacial score (nSPS) is 10.3. The molecule has 0 saturated heterocycles. The predicted octanol–water partition coefficient (Wildman–Crippen LogP) is 1.36. The maximum atomic E-state index is 11.9. The molecule has 0 aliphatic rings. The first-order chi connectivity index (χ1) is 10.6. The topological polar surface area (TPSA) is 105 Å². The molecule has 118 valence electrons. The Kier molecular flexibility index (Phi) is 5.29. The zero-order valence-electron chi connectivity index (χ0n) is 12.9. The molecule has 0 saturated carbocycles. The van der Waals surface area contributed by atoms with Crippen molar-refractivity contribution in [3.05, 3.63) is 29.3 Å². The van der Waals surface area contributed by atoms with E-state index >= 15 is 0 Å². The second kappa shape index (κ2) is 7.39. The fourth-order valence-corrected chi connectivity index (χ4v) is 1.87. The van der Waals surface area contributed by atoms with Gasteiger partial charge in [0.15, 0.2) is 0 Å². The van der Waals surface area contributed by atoms with Gasteiger partial charge in [0.25, 0.3) is 5.91 Å². The van der Waals surface area contributed by atoms with Gasteiger partial charge in [-0.3, -0.25) is 4.79 Å². The van der Waals surface area contributed by atoms with Crippen LogP contribution in [0.25, 0.3) is 0 Å². The maximum absolute atomic E-state index is 11.9. The molecule has 0 fully saturated rings. The molecule has 2 aromatic rings. The Hall–Kier alpha value is -2.64. The summed E-state index contributed by atoms with van der Waals surface area (Å²) in [6, 6.07) is 1.85. The number of nitrogens with one attached hydrogen (secondary N) is 3. The van der Waals surface area contributed by atoms with Gasteiger partial charge in [0.05, 0.1) is 6.20 Å². The number of rotatable bonds is 7. The Morgan fingerprint density at radius 3 is 2.73 bits per heavy atom. The van der Waals surface area contributed by atoms with E-state index in [-0.39, 0.29) is 5.91 Å². The van der Waals surface area contributed by atoms with Gasteiger partial charge >= 0.3 is 0 Å². The molecule has 2 rings (SSSR count). The minimum atomic E-state index is -0.201. The second-order valence-electron chi connectivity index (χ2n) is 4.73. The molecule has 0 radical (unpaired) electrons. The van der Waals surface area contributed by atoms with Crippen molar-refractivity contribution in [1.82, 2.24) is 20.4 Å². The summed E-state index contributed by atoms with van der Waals surface area (Å²) in [7, 11) is 0. The van der Waals surface area contributed by atoms with Crippen molar-refractivity contribution in [2.45, 2.75) is 20.8 Å². The molecule has 0 atom stereocenters. The fourth-order valence-electron chi connectivity index (χ4n) is 1.87. The fraction of sp³-hybridized carbons (Fsp3) is 0.429. The van der Waals surface area contributed by atoms with Gasteiger partial charge in [-0.2, -0.15) is 4.98 Å². The van der Waals surface area contributed by atoms with E-state index in [4.69, 9.17) is 4.52 Å². The van der Waals surface area contributed by atoms with Crippen molar-refractivity contribution in [1.29, 1.82) is 0 Å². The number of aromatic nitrogens is 3. The van der Waals surface area contributed by atoms with Gasteiger partial charge in [0.2, 0.25) is 5.95 Å². The predicted molar refractivity (Wildman–Crippen MR) is 83.0 cm³/mol. The third kappa shape index (κ3) is 4.18. The largest absolute Gasteiger partial charge is 0.368 e.